The zero-order valence-electron chi connectivity index (χ0n) is 17.6. The van der Waals surface area contributed by atoms with Gasteiger partial charge in [0.25, 0.3) is 0 Å². The average molecular weight is 385 g/mol. The van der Waals surface area contributed by atoms with Crippen LogP contribution in [0.2, 0.25) is 0 Å². The van der Waals surface area contributed by atoms with Gasteiger partial charge >= 0.3 is 0 Å². The van der Waals surface area contributed by atoms with Crippen molar-refractivity contribution in [3.8, 4) is 0 Å². The summed E-state index contributed by atoms with van der Waals surface area (Å²) in [5.41, 5.74) is 3.04. The lowest BCUT2D eigenvalue weighted by Crippen LogP contribution is -2.50. The highest BCUT2D eigenvalue weighted by Gasteiger charge is 2.58. The number of carbonyl (C=O) groups is 1. The minimum atomic E-state index is -0.0118. The molecule has 4 fully saturated rings. The molecule has 1 aliphatic heterocycles. The Labute approximate surface area is 169 Å². The molecule has 28 heavy (non-hydrogen) atoms. The first-order chi connectivity index (χ1) is 13.5. The summed E-state index contributed by atoms with van der Waals surface area (Å²) in [6.07, 6.45) is 13.8. The standard InChI is InChI=1S/C24H36N2O2/c1-23-11-9-17(26-28-15-18-4-3-13-25-18)14-16(23)5-6-19-20-7-8-22(27)24(20,2)12-10-21(19)23/h14,18-21,25H,3-13,15H2,1-2H3/t18?,19?,20?,21?,23-,24-/m0/s1. The number of carbonyl (C=O) groups excluding carboxylic acids is 1. The van der Waals surface area contributed by atoms with Crippen LogP contribution in [0.25, 0.3) is 0 Å². The minimum Gasteiger partial charge on any atom is -0.394 e. The van der Waals surface area contributed by atoms with E-state index in [0.717, 1.165) is 49.8 Å². The first-order valence-electron chi connectivity index (χ1n) is 11.7. The van der Waals surface area contributed by atoms with E-state index in [1.807, 2.05) is 0 Å². The van der Waals surface area contributed by atoms with Gasteiger partial charge in [0.15, 0.2) is 0 Å². The summed E-state index contributed by atoms with van der Waals surface area (Å²) in [5.74, 6) is 2.68. The maximum atomic E-state index is 12.6. The van der Waals surface area contributed by atoms with E-state index in [1.54, 1.807) is 5.57 Å². The SMILES string of the molecule is C[C@]12CCC(=NOCC3CCCN3)C=C1CCC1C2CC[C@]2(C)C(=O)CCC12. The fourth-order valence-corrected chi connectivity index (χ4v) is 7.52. The van der Waals surface area contributed by atoms with Crippen molar-refractivity contribution in [1.29, 1.82) is 0 Å². The third kappa shape index (κ3) is 2.89. The van der Waals surface area contributed by atoms with Crippen LogP contribution in [-0.4, -0.2) is 30.7 Å². The molecule has 0 amide bonds. The van der Waals surface area contributed by atoms with Crippen molar-refractivity contribution >= 4 is 11.5 Å². The molecular formula is C24H36N2O2. The number of Topliss-reactive ketones (excluding diaryl/α,β-unsaturated/α-hetero) is 1. The van der Waals surface area contributed by atoms with E-state index in [4.69, 9.17) is 4.84 Å². The Morgan fingerprint density at radius 3 is 2.75 bits per heavy atom. The molecule has 1 N–H and O–H groups in total. The van der Waals surface area contributed by atoms with Crippen molar-refractivity contribution in [2.45, 2.75) is 84.1 Å². The first-order valence-corrected chi connectivity index (χ1v) is 11.7. The number of fused-ring (bicyclic) bond motifs is 5. The second kappa shape index (κ2) is 6.97. The molecule has 0 spiro atoms. The van der Waals surface area contributed by atoms with Crippen molar-refractivity contribution in [3.63, 3.8) is 0 Å². The van der Waals surface area contributed by atoms with E-state index in [1.165, 1.54) is 38.5 Å². The van der Waals surface area contributed by atoms with Gasteiger partial charge in [-0.1, -0.05) is 24.6 Å². The summed E-state index contributed by atoms with van der Waals surface area (Å²) in [4.78, 5) is 18.3. The fraction of sp³-hybridized carbons (Fsp3) is 0.833. The normalized spacial score (nSPS) is 46.7. The molecule has 4 heteroatoms. The van der Waals surface area contributed by atoms with Gasteiger partial charge in [-0.05, 0) is 93.6 Å². The molecule has 3 saturated carbocycles. The van der Waals surface area contributed by atoms with E-state index >= 15 is 0 Å². The molecule has 4 aliphatic carbocycles. The summed E-state index contributed by atoms with van der Waals surface area (Å²) in [6, 6.07) is 0.479. The highest BCUT2D eigenvalue weighted by molar-refractivity contribution is 5.96. The quantitative estimate of drug-likeness (QED) is 0.721. The first kappa shape index (κ1) is 18.8. The molecular weight excluding hydrogens is 348 g/mol. The molecule has 0 bridgehead atoms. The highest BCUT2D eigenvalue weighted by Crippen LogP contribution is 2.64. The van der Waals surface area contributed by atoms with Crippen LogP contribution in [-0.2, 0) is 9.63 Å². The Kier molecular flexibility index (Phi) is 4.69. The number of hydrogen-bond acceptors (Lipinski definition) is 4. The molecule has 1 saturated heterocycles. The Balaban J connectivity index is 1.31. The minimum absolute atomic E-state index is 0.0118. The average Bonchev–Trinajstić information content (AvgIpc) is 3.30. The molecule has 0 aromatic heterocycles. The van der Waals surface area contributed by atoms with Crippen LogP contribution in [0, 0.1) is 28.6 Å². The number of nitrogens with zero attached hydrogens (tertiary/aromatic N) is 1. The van der Waals surface area contributed by atoms with Gasteiger partial charge in [0.1, 0.15) is 12.4 Å². The van der Waals surface area contributed by atoms with Gasteiger partial charge in [0.05, 0.1) is 5.71 Å². The molecule has 4 nitrogen and oxygen atoms in total. The third-order valence-corrected chi connectivity index (χ3v) is 9.31. The molecule has 154 valence electrons. The number of hydrogen-bond donors (Lipinski definition) is 1. The van der Waals surface area contributed by atoms with Crippen LogP contribution in [0.3, 0.4) is 0 Å². The summed E-state index contributed by atoms with van der Waals surface area (Å²) in [5, 5.41) is 7.97. The fourth-order valence-electron chi connectivity index (χ4n) is 7.52. The van der Waals surface area contributed by atoms with Gasteiger partial charge in [-0.15, -0.1) is 0 Å². The predicted molar refractivity (Wildman–Crippen MR) is 111 cm³/mol. The molecule has 5 aliphatic rings. The maximum Gasteiger partial charge on any atom is 0.139 e. The van der Waals surface area contributed by atoms with Crippen LogP contribution < -0.4 is 5.32 Å². The van der Waals surface area contributed by atoms with E-state index in [0.29, 0.717) is 29.8 Å². The highest BCUT2D eigenvalue weighted by atomic mass is 16.6. The van der Waals surface area contributed by atoms with Gasteiger partial charge in [-0.25, -0.2) is 0 Å². The molecule has 4 unspecified atom stereocenters. The van der Waals surface area contributed by atoms with Crippen LogP contribution in [0.1, 0.15) is 78.1 Å². The van der Waals surface area contributed by atoms with Gasteiger partial charge in [0.2, 0.25) is 0 Å². The summed E-state index contributed by atoms with van der Waals surface area (Å²) < 4.78 is 0. The van der Waals surface area contributed by atoms with Crippen LogP contribution in [0.15, 0.2) is 16.8 Å². The molecule has 5 rings (SSSR count). The second-order valence-corrected chi connectivity index (χ2v) is 10.6. The lowest BCUT2D eigenvalue weighted by Gasteiger charge is -2.57. The molecule has 0 radical (unpaired) electrons. The predicted octanol–water partition coefficient (Wildman–Crippen LogP) is 4.64. The van der Waals surface area contributed by atoms with Crippen LogP contribution in [0.4, 0.5) is 0 Å². The van der Waals surface area contributed by atoms with Gasteiger partial charge in [-0.3, -0.25) is 4.79 Å². The van der Waals surface area contributed by atoms with Crippen LogP contribution in [0.5, 0.6) is 0 Å². The smallest absolute Gasteiger partial charge is 0.139 e. The van der Waals surface area contributed by atoms with E-state index in [2.05, 4.69) is 30.4 Å². The van der Waals surface area contributed by atoms with E-state index in [9.17, 15) is 4.79 Å². The summed E-state index contributed by atoms with van der Waals surface area (Å²) in [7, 11) is 0. The van der Waals surface area contributed by atoms with Crippen molar-refractivity contribution < 1.29 is 9.63 Å². The molecule has 0 aromatic carbocycles. The van der Waals surface area contributed by atoms with Gasteiger partial charge in [0, 0.05) is 17.9 Å². The van der Waals surface area contributed by atoms with Gasteiger partial charge in [-0.2, -0.15) is 0 Å². The summed E-state index contributed by atoms with van der Waals surface area (Å²) >= 11 is 0. The largest absolute Gasteiger partial charge is 0.394 e. The molecule has 0 aromatic rings. The zero-order valence-corrected chi connectivity index (χ0v) is 17.6. The Bertz CT molecular complexity index is 707. The van der Waals surface area contributed by atoms with Crippen molar-refractivity contribution in [3.05, 3.63) is 11.6 Å². The van der Waals surface area contributed by atoms with E-state index in [-0.39, 0.29) is 5.41 Å². The third-order valence-electron chi connectivity index (χ3n) is 9.31. The van der Waals surface area contributed by atoms with Crippen molar-refractivity contribution in [1.82, 2.24) is 5.32 Å². The van der Waals surface area contributed by atoms with Gasteiger partial charge < -0.3 is 10.2 Å². The van der Waals surface area contributed by atoms with Crippen molar-refractivity contribution in [2.75, 3.05) is 13.2 Å². The number of allylic oxidation sites excluding steroid dienone is 2. The second-order valence-electron chi connectivity index (χ2n) is 10.6. The topological polar surface area (TPSA) is 50.7 Å². The molecule has 6 atom stereocenters. The lowest BCUT2D eigenvalue weighted by atomic mass is 9.47. The maximum absolute atomic E-state index is 12.6. The Morgan fingerprint density at radius 2 is 1.93 bits per heavy atom. The zero-order chi connectivity index (χ0) is 19.4. The van der Waals surface area contributed by atoms with Crippen molar-refractivity contribution in [2.24, 2.45) is 33.7 Å². The summed E-state index contributed by atoms with van der Waals surface area (Å²) in [6.45, 7) is 6.60. The van der Waals surface area contributed by atoms with Crippen LogP contribution >= 0.6 is 0 Å². The number of rotatable bonds is 3. The lowest BCUT2D eigenvalue weighted by molar-refractivity contribution is -0.132. The Morgan fingerprint density at radius 1 is 1.07 bits per heavy atom. The number of nitrogens with one attached hydrogen (secondary N) is 1. The number of ketones is 1. The number of oxime groups is 1. The monoisotopic (exact) mass is 384 g/mol. The Hall–Kier alpha value is -1.16. The molecule has 1 heterocycles. The van der Waals surface area contributed by atoms with E-state index < -0.39 is 0 Å².